The van der Waals surface area contributed by atoms with Crippen molar-refractivity contribution < 1.29 is 5.11 Å². The fourth-order valence-corrected chi connectivity index (χ4v) is 1.84. The molecule has 0 aliphatic heterocycles. The number of hydrogen-bond donors (Lipinski definition) is 2. The number of aliphatic hydroxyl groups excluding tert-OH is 1. The first-order valence-corrected chi connectivity index (χ1v) is 5.63. The fraction of sp³-hybridized carbons (Fsp3) is 0.538. The van der Waals surface area contributed by atoms with E-state index in [1.54, 1.807) is 0 Å². The van der Waals surface area contributed by atoms with Crippen LogP contribution in [0.4, 0.5) is 0 Å². The van der Waals surface area contributed by atoms with Gasteiger partial charge in [-0.2, -0.15) is 0 Å². The maximum atomic E-state index is 9.39. The van der Waals surface area contributed by atoms with Gasteiger partial charge in [0.2, 0.25) is 0 Å². The van der Waals surface area contributed by atoms with Crippen LogP contribution in [-0.2, 0) is 6.42 Å². The summed E-state index contributed by atoms with van der Waals surface area (Å²) in [4.78, 5) is 0. The first-order valence-electron chi connectivity index (χ1n) is 5.63. The molecule has 2 nitrogen and oxygen atoms in total. The number of rotatable bonds is 5. The van der Waals surface area contributed by atoms with Gasteiger partial charge in [0.05, 0.1) is 12.6 Å². The molecule has 0 bridgehead atoms. The molecule has 0 heterocycles. The second-order valence-corrected chi connectivity index (χ2v) is 4.11. The molecule has 84 valence electrons. The Bertz CT molecular complexity index is 296. The molecule has 0 aliphatic rings. The van der Waals surface area contributed by atoms with Crippen molar-refractivity contribution in [3.63, 3.8) is 0 Å². The van der Waals surface area contributed by atoms with Crippen LogP contribution in [0.3, 0.4) is 0 Å². The minimum absolute atomic E-state index is 0.0566. The Morgan fingerprint density at radius 3 is 2.47 bits per heavy atom. The van der Waals surface area contributed by atoms with E-state index < -0.39 is 0 Å². The van der Waals surface area contributed by atoms with Gasteiger partial charge in [-0.1, -0.05) is 45.0 Å². The van der Waals surface area contributed by atoms with Gasteiger partial charge in [0, 0.05) is 6.04 Å². The lowest BCUT2D eigenvalue weighted by molar-refractivity contribution is 0.237. The minimum atomic E-state index is 0.0566. The highest BCUT2D eigenvalue weighted by atomic mass is 16.3. The van der Waals surface area contributed by atoms with Crippen molar-refractivity contribution in [2.24, 2.45) is 0 Å². The summed E-state index contributed by atoms with van der Waals surface area (Å²) in [5, 5.41) is 12.8. The average molecular weight is 207 g/mol. The summed E-state index contributed by atoms with van der Waals surface area (Å²) < 4.78 is 0. The average Bonchev–Trinajstić information content (AvgIpc) is 2.25. The Balaban J connectivity index is 2.90. The number of aliphatic hydroxyl groups is 1. The number of benzene rings is 1. The summed E-state index contributed by atoms with van der Waals surface area (Å²) in [6, 6.07) is 8.73. The Morgan fingerprint density at radius 1 is 1.27 bits per heavy atom. The van der Waals surface area contributed by atoms with Gasteiger partial charge in [-0.25, -0.2) is 0 Å². The van der Waals surface area contributed by atoms with E-state index in [9.17, 15) is 5.11 Å². The second-order valence-electron chi connectivity index (χ2n) is 4.11. The molecule has 0 saturated heterocycles. The van der Waals surface area contributed by atoms with Gasteiger partial charge in [-0.05, 0) is 17.5 Å². The standard InChI is InChI=1S/C13H21NO/c1-4-11-7-5-6-8-12(11)13(9-15)14-10(2)3/h5-8,10,13-15H,4,9H2,1-3H3. The number of aryl methyl sites for hydroxylation is 1. The summed E-state index contributed by atoms with van der Waals surface area (Å²) in [5.74, 6) is 0. The van der Waals surface area contributed by atoms with Crippen LogP contribution in [0.25, 0.3) is 0 Å². The molecule has 2 N–H and O–H groups in total. The lowest BCUT2D eigenvalue weighted by atomic mass is 9.98. The van der Waals surface area contributed by atoms with Crippen molar-refractivity contribution in [2.75, 3.05) is 6.61 Å². The third-order valence-corrected chi connectivity index (χ3v) is 2.53. The predicted octanol–water partition coefficient (Wildman–Crippen LogP) is 2.28. The molecule has 1 aromatic rings. The van der Waals surface area contributed by atoms with E-state index in [4.69, 9.17) is 0 Å². The van der Waals surface area contributed by atoms with Crippen molar-refractivity contribution in [1.82, 2.24) is 5.32 Å². The minimum Gasteiger partial charge on any atom is -0.394 e. The quantitative estimate of drug-likeness (QED) is 0.776. The molecule has 0 saturated carbocycles. The highest BCUT2D eigenvalue weighted by Crippen LogP contribution is 2.18. The van der Waals surface area contributed by atoms with Crippen molar-refractivity contribution in [3.05, 3.63) is 35.4 Å². The second kappa shape index (κ2) is 5.89. The molecule has 1 unspecified atom stereocenters. The first kappa shape index (κ1) is 12.2. The van der Waals surface area contributed by atoms with Crippen LogP contribution in [0.5, 0.6) is 0 Å². The Labute approximate surface area is 92.3 Å². The van der Waals surface area contributed by atoms with Gasteiger partial charge in [-0.3, -0.25) is 0 Å². The van der Waals surface area contributed by atoms with Gasteiger partial charge >= 0.3 is 0 Å². The zero-order valence-corrected chi connectivity index (χ0v) is 9.83. The SMILES string of the molecule is CCc1ccccc1C(CO)NC(C)C. The normalized spacial score (nSPS) is 13.1. The Hall–Kier alpha value is -0.860. The van der Waals surface area contributed by atoms with Crippen molar-refractivity contribution >= 4 is 0 Å². The van der Waals surface area contributed by atoms with Crippen LogP contribution in [0.15, 0.2) is 24.3 Å². The van der Waals surface area contributed by atoms with Crippen LogP contribution in [-0.4, -0.2) is 17.8 Å². The molecular formula is C13H21NO. The smallest absolute Gasteiger partial charge is 0.0626 e. The molecular weight excluding hydrogens is 186 g/mol. The van der Waals surface area contributed by atoms with E-state index in [1.807, 2.05) is 12.1 Å². The van der Waals surface area contributed by atoms with Crippen molar-refractivity contribution in [1.29, 1.82) is 0 Å². The summed E-state index contributed by atoms with van der Waals surface area (Å²) in [7, 11) is 0. The van der Waals surface area contributed by atoms with Crippen LogP contribution in [0, 0.1) is 0 Å². The molecule has 0 aromatic heterocycles. The van der Waals surface area contributed by atoms with Crippen molar-refractivity contribution in [3.8, 4) is 0 Å². The van der Waals surface area contributed by atoms with Gasteiger partial charge in [0.15, 0.2) is 0 Å². The molecule has 0 spiro atoms. The zero-order valence-electron chi connectivity index (χ0n) is 9.83. The summed E-state index contributed by atoms with van der Waals surface area (Å²) in [5.41, 5.74) is 2.53. The van der Waals surface area contributed by atoms with E-state index >= 15 is 0 Å². The highest BCUT2D eigenvalue weighted by Gasteiger charge is 2.13. The topological polar surface area (TPSA) is 32.3 Å². The van der Waals surface area contributed by atoms with E-state index in [1.165, 1.54) is 11.1 Å². The molecule has 1 atom stereocenters. The lowest BCUT2D eigenvalue weighted by Gasteiger charge is -2.21. The van der Waals surface area contributed by atoms with Crippen LogP contribution in [0.1, 0.15) is 37.9 Å². The fourth-order valence-electron chi connectivity index (χ4n) is 1.84. The predicted molar refractivity (Wildman–Crippen MR) is 63.9 cm³/mol. The van der Waals surface area contributed by atoms with Gasteiger partial charge < -0.3 is 10.4 Å². The van der Waals surface area contributed by atoms with E-state index in [0.29, 0.717) is 6.04 Å². The monoisotopic (exact) mass is 207 g/mol. The molecule has 1 rings (SSSR count). The molecule has 1 aromatic carbocycles. The third-order valence-electron chi connectivity index (χ3n) is 2.53. The first-order chi connectivity index (χ1) is 7.19. The number of hydrogen-bond acceptors (Lipinski definition) is 2. The van der Waals surface area contributed by atoms with Gasteiger partial charge in [0.25, 0.3) is 0 Å². The molecule has 0 aliphatic carbocycles. The van der Waals surface area contributed by atoms with Crippen LogP contribution in [0.2, 0.25) is 0 Å². The maximum Gasteiger partial charge on any atom is 0.0626 e. The third kappa shape index (κ3) is 3.33. The molecule has 15 heavy (non-hydrogen) atoms. The summed E-state index contributed by atoms with van der Waals surface area (Å²) in [6.45, 7) is 6.48. The van der Waals surface area contributed by atoms with Crippen LogP contribution >= 0.6 is 0 Å². The summed E-state index contributed by atoms with van der Waals surface area (Å²) in [6.07, 6.45) is 1.01. The van der Waals surface area contributed by atoms with Gasteiger partial charge in [-0.15, -0.1) is 0 Å². The highest BCUT2D eigenvalue weighted by molar-refractivity contribution is 5.30. The Morgan fingerprint density at radius 2 is 1.93 bits per heavy atom. The van der Waals surface area contributed by atoms with E-state index in [-0.39, 0.29) is 12.6 Å². The number of nitrogens with one attached hydrogen (secondary N) is 1. The molecule has 0 fully saturated rings. The van der Waals surface area contributed by atoms with Gasteiger partial charge in [0.1, 0.15) is 0 Å². The molecule has 0 amide bonds. The van der Waals surface area contributed by atoms with Crippen LogP contribution < -0.4 is 5.32 Å². The Kier molecular flexibility index (Phi) is 4.79. The molecule has 2 heteroatoms. The van der Waals surface area contributed by atoms with E-state index in [0.717, 1.165) is 6.42 Å². The largest absolute Gasteiger partial charge is 0.394 e. The zero-order chi connectivity index (χ0) is 11.3. The molecule has 0 radical (unpaired) electrons. The summed E-state index contributed by atoms with van der Waals surface area (Å²) >= 11 is 0. The maximum absolute atomic E-state index is 9.39. The van der Waals surface area contributed by atoms with E-state index in [2.05, 4.69) is 38.2 Å². The lowest BCUT2D eigenvalue weighted by Crippen LogP contribution is -2.31. The van der Waals surface area contributed by atoms with Crippen molar-refractivity contribution in [2.45, 2.75) is 39.3 Å².